The van der Waals surface area contributed by atoms with E-state index in [4.69, 9.17) is 16.3 Å². The van der Waals surface area contributed by atoms with Crippen molar-refractivity contribution in [1.29, 1.82) is 0 Å². The molecule has 0 saturated heterocycles. The molecular weight excluding hydrogens is 258 g/mol. The molecular formula is C16H24ClNO. The lowest BCUT2D eigenvalue weighted by molar-refractivity contribution is 0.346. The van der Waals surface area contributed by atoms with Crippen molar-refractivity contribution in [3.05, 3.63) is 28.3 Å². The largest absolute Gasteiger partial charge is 0.493 e. The van der Waals surface area contributed by atoms with E-state index in [-0.39, 0.29) is 0 Å². The standard InChI is InChI=1S/C16H24ClNO/c1-4-6-18-15(11(2)3)10-13-9-14(17)8-12-5-7-19-16(12)13/h8-9,11,15,18H,4-7,10H2,1-3H3. The van der Waals surface area contributed by atoms with Crippen LogP contribution in [0.5, 0.6) is 5.75 Å². The number of fused-ring (bicyclic) bond motifs is 1. The highest BCUT2D eigenvalue weighted by Gasteiger charge is 2.21. The number of rotatable bonds is 6. The van der Waals surface area contributed by atoms with Gasteiger partial charge in [0, 0.05) is 17.5 Å². The maximum atomic E-state index is 6.22. The van der Waals surface area contributed by atoms with Crippen molar-refractivity contribution in [1.82, 2.24) is 5.32 Å². The first-order valence-electron chi connectivity index (χ1n) is 7.29. The van der Waals surface area contributed by atoms with Crippen molar-refractivity contribution in [3.8, 4) is 5.75 Å². The van der Waals surface area contributed by atoms with Gasteiger partial charge in [-0.15, -0.1) is 0 Å². The average Bonchev–Trinajstić information content (AvgIpc) is 2.81. The number of benzene rings is 1. The zero-order chi connectivity index (χ0) is 13.8. The summed E-state index contributed by atoms with van der Waals surface area (Å²) in [6, 6.07) is 4.58. The number of nitrogens with one attached hydrogen (secondary N) is 1. The van der Waals surface area contributed by atoms with Gasteiger partial charge in [-0.05, 0) is 48.6 Å². The Morgan fingerprint density at radius 1 is 1.37 bits per heavy atom. The van der Waals surface area contributed by atoms with Crippen molar-refractivity contribution < 1.29 is 4.74 Å². The minimum absolute atomic E-state index is 0.478. The lowest BCUT2D eigenvalue weighted by Crippen LogP contribution is -2.36. The van der Waals surface area contributed by atoms with E-state index in [9.17, 15) is 0 Å². The van der Waals surface area contributed by atoms with Crippen molar-refractivity contribution in [2.75, 3.05) is 13.2 Å². The van der Waals surface area contributed by atoms with Crippen molar-refractivity contribution in [3.63, 3.8) is 0 Å². The van der Waals surface area contributed by atoms with Gasteiger partial charge in [-0.1, -0.05) is 32.4 Å². The molecule has 106 valence electrons. The molecule has 0 bridgehead atoms. The molecule has 2 nitrogen and oxygen atoms in total. The molecule has 1 aliphatic heterocycles. The van der Waals surface area contributed by atoms with E-state index in [1.54, 1.807) is 0 Å². The smallest absolute Gasteiger partial charge is 0.125 e. The summed E-state index contributed by atoms with van der Waals surface area (Å²) in [5.74, 6) is 1.68. The third-order valence-corrected chi connectivity index (χ3v) is 3.94. The van der Waals surface area contributed by atoms with Gasteiger partial charge in [0.15, 0.2) is 0 Å². The summed E-state index contributed by atoms with van der Waals surface area (Å²) in [7, 11) is 0. The molecule has 0 aromatic heterocycles. The molecule has 1 aromatic carbocycles. The molecule has 1 aliphatic rings. The maximum Gasteiger partial charge on any atom is 0.125 e. The molecule has 0 fully saturated rings. The molecule has 1 aromatic rings. The minimum atomic E-state index is 0.478. The normalized spacial score (nSPS) is 15.4. The Balaban J connectivity index is 2.17. The van der Waals surface area contributed by atoms with Crippen LogP contribution >= 0.6 is 11.6 Å². The van der Waals surface area contributed by atoms with E-state index in [1.807, 2.05) is 6.07 Å². The molecule has 0 aliphatic carbocycles. The minimum Gasteiger partial charge on any atom is -0.493 e. The van der Waals surface area contributed by atoms with Gasteiger partial charge < -0.3 is 10.1 Å². The lowest BCUT2D eigenvalue weighted by atomic mass is 9.94. The molecule has 0 radical (unpaired) electrons. The number of halogens is 1. The molecule has 0 saturated carbocycles. The Labute approximate surface area is 121 Å². The van der Waals surface area contributed by atoms with Crippen LogP contribution in [0.4, 0.5) is 0 Å². The van der Waals surface area contributed by atoms with Gasteiger partial charge in [0.25, 0.3) is 0 Å². The van der Waals surface area contributed by atoms with Crippen molar-refractivity contribution in [2.24, 2.45) is 5.92 Å². The summed E-state index contributed by atoms with van der Waals surface area (Å²) in [4.78, 5) is 0. The lowest BCUT2D eigenvalue weighted by Gasteiger charge is -2.23. The van der Waals surface area contributed by atoms with Crippen LogP contribution in [0.25, 0.3) is 0 Å². The molecule has 1 N–H and O–H groups in total. The molecule has 1 unspecified atom stereocenters. The van der Waals surface area contributed by atoms with Crippen LogP contribution in [-0.2, 0) is 12.8 Å². The summed E-state index contributed by atoms with van der Waals surface area (Å²) in [5, 5.41) is 4.46. The van der Waals surface area contributed by atoms with Gasteiger partial charge in [-0.3, -0.25) is 0 Å². The van der Waals surface area contributed by atoms with Gasteiger partial charge in [0.05, 0.1) is 6.61 Å². The fourth-order valence-electron chi connectivity index (χ4n) is 2.61. The summed E-state index contributed by atoms with van der Waals surface area (Å²) in [6.45, 7) is 8.58. The van der Waals surface area contributed by atoms with Crippen LogP contribution < -0.4 is 10.1 Å². The number of hydrogen-bond donors (Lipinski definition) is 1. The fraction of sp³-hybridized carbons (Fsp3) is 0.625. The van der Waals surface area contributed by atoms with Crippen LogP contribution in [0, 0.1) is 5.92 Å². The van der Waals surface area contributed by atoms with Crippen LogP contribution in [0.2, 0.25) is 5.02 Å². The quantitative estimate of drug-likeness (QED) is 0.855. The third-order valence-electron chi connectivity index (χ3n) is 3.73. The second kappa shape index (κ2) is 6.62. The number of hydrogen-bond acceptors (Lipinski definition) is 2. The van der Waals surface area contributed by atoms with E-state index in [2.05, 4.69) is 32.2 Å². The SMILES string of the molecule is CCCNC(Cc1cc(Cl)cc2c1OCC2)C(C)C. The highest BCUT2D eigenvalue weighted by molar-refractivity contribution is 6.30. The Kier molecular flexibility index (Phi) is 5.12. The van der Waals surface area contributed by atoms with Gasteiger partial charge in [-0.2, -0.15) is 0 Å². The first kappa shape index (κ1) is 14.7. The second-order valence-electron chi connectivity index (χ2n) is 5.66. The molecule has 19 heavy (non-hydrogen) atoms. The van der Waals surface area contributed by atoms with E-state index in [0.29, 0.717) is 12.0 Å². The Morgan fingerprint density at radius 3 is 2.84 bits per heavy atom. The van der Waals surface area contributed by atoms with E-state index < -0.39 is 0 Å². The molecule has 0 amide bonds. The second-order valence-corrected chi connectivity index (χ2v) is 6.10. The molecule has 1 heterocycles. The van der Waals surface area contributed by atoms with E-state index >= 15 is 0 Å². The van der Waals surface area contributed by atoms with Gasteiger partial charge in [-0.25, -0.2) is 0 Å². The predicted molar refractivity (Wildman–Crippen MR) is 81.3 cm³/mol. The first-order valence-corrected chi connectivity index (χ1v) is 7.67. The molecule has 3 heteroatoms. The summed E-state index contributed by atoms with van der Waals surface area (Å²) in [6.07, 6.45) is 3.13. The number of ether oxygens (including phenoxy) is 1. The fourth-order valence-corrected chi connectivity index (χ4v) is 2.87. The van der Waals surface area contributed by atoms with Crippen molar-refractivity contribution >= 4 is 11.6 Å². The van der Waals surface area contributed by atoms with Gasteiger partial charge in [0.2, 0.25) is 0 Å². The zero-order valence-corrected chi connectivity index (χ0v) is 12.9. The first-order chi connectivity index (χ1) is 9.11. The Bertz CT molecular complexity index is 431. The summed E-state index contributed by atoms with van der Waals surface area (Å²) < 4.78 is 5.78. The molecule has 0 spiro atoms. The highest BCUT2D eigenvalue weighted by atomic mass is 35.5. The van der Waals surface area contributed by atoms with E-state index in [0.717, 1.165) is 43.2 Å². The average molecular weight is 282 g/mol. The maximum absolute atomic E-state index is 6.22. The zero-order valence-electron chi connectivity index (χ0n) is 12.1. The topological polar surface area (TPSA) is 21.3 Å². The monoisotopic (exact) mass is 281 g/mol. The van der Waals surface area contributed by atoms with E-state index in [1.165, 1.54) is 11.1 Å². The Morgan fingerprint density at radius 2 is 2.16 bits per heavy atom. The van der Waals surface area contributed by atoms with Crippen LogP contribution in [0.3, 0.4) is 0 Å². The molecule has 1 atom stereocenters. The van der Waals surface area contributed by atoms with Gasteiger partial charge >= 0.3 is 0 Å². The van der Waals surface area contributed by atoms with Gasteiger partial charge in [0.1, 0.15) is 5.75 Å². The molecule has 2 rings (SSSR count). The summed E-state index contributed by atoms with van der Waals surface area (Å²) in [5.41, 5.74) is 2.52. The van der Waals surface area contributed by atoms with Crippen LogP contribution in [0.1, 0.15) is 38.3 Å². The predicted octanol–water partition coefficient (Wildman–Crippen LogP) is 3.84. The highest BCUT2D eigenvalue weighted by Crippen LogP contribution is 2.34. The van der Waals surface area contributed by atoms with Crippen LogP contribution in [0.15, 0.2) is 12.1 Å². The summed E-state index contributed by atoms with van der Waals surface area (Å²) >= 11 is 6.22. The van der Waals surface area contributed by atoms with Crippen molar-refractivity contribution in [2.45, 2.75) is 46.1 Å². The Hall–Kier alpha value is -0.730. The third kappa shape index (κ3) is 3.64. The van der Waals surface area contributed by atoms with Crippen LogP contribution in [-0.4, -0.2) is 19.2 Å².